The molecule has 1 aliphatic carbocycles. The van der Waals surface area contributed by atoms with Crippen LogP contribution in [0.2, 0.25) is 0 Å². The average molecular weight is 293 g/mol. The fourth-order valence-corrected chi connectivity index (χ4v) is 2.18. The third-order valence-corrected chi connectivity index (χ3v) is 3.50. The highest BCUT2D eigenvalue weighted by Gasteiger charge is 2.21. The van der Waals surface area contributed by atoms with E-state index in [1.165, 1.54) is 12.8 Å². The molecule has 1 fully saturated rings. The number of nitrogens with one attached hydrogen (secondary N) is 1. The maximum absolute atomic E-state index is 5.73. The molecule has 1 aliphatic rings. The molecule has 0 unspecified atom stereocenters. The summed E-state index contributed by atoms with van der Waals surface area (Å²) in [6.07, 6.45) is 4.33. The van der Waals surface area contributed by atoms with Gasteiger partial charge in [0.05, 0.1) is 12.7 Å². The molecule has 0 amide bonds. The van der Waals surface area contributed by atoms with Gasteiger partial charge in [0.1, 0.15) is 0 Å². The van der Waals surface area contributed by atoms with E-state index < -0.39 is 0 Å². The zero-order chi connectivity index (χ0) is 11.7. The van der Waals surface area contributed by atoms with Gasteiger partial charge in [0.25, 0.3) is 0 Å². The Balaban J connectivity index is 1.77. The zero-order valence-corrected chi connectivity index (χ0v) is 10.9. The van der Waals surface area contributed by atoms with Gasteiger partial charge < -0.3 is 9.73 Å². The predicted octanol–water partition coefficient (Wildman–Crippen LogP) is 3.36. The predicted molar refractivity (Wildman–Crippen MR) is 69.5 cm³/mol. The summed E-state index contributed by atoms with van der Waals surface area (Å²) in [4.78, 5) is 4.28. The van der Waals surface area contributed by atoms with Gasteiger partial charge >= 0.3 is 0 Å². The van der Waals surface area contributed by atoms with Crippen LogP contribution < -0.4 is 5.32 Å². The Morgan fingerprint density at radius 1 is 1.35 bits per heavy atom. The normalized spacial score (nSPS) is 15.1. The monoisotopic (exact) mass is 292 g/mol. The lowest BCUT2D eigenvalue weighted by atomic mass is 10.2. The van der Waals surface area contributed by atoms with Gasteiger partial charge in [0.15, 0.2) is 5.76 Å². The van der Waals surface area contributed by atoms with Crippen molar-refractivity contribution in [3.05, 3.63) is 40.8 Å². The molecule has 0 radical (unpaired) electrons. The van der Waals surface area contributed by atoms with Crippen LogP contribution in [0.25, 0.3) is 11.3 Å². The van der Waals surface area contributed by atoms with Crippen molar-refractivity contribution in [2.24, 2.45) is 0 Å². The third kappa shape index (κ3) is 2.58. The topological polar surface area (TPSA) is 38.1 Å². The first-order chi connectivity index (χ1) is 8.33. The van der Waals surface area contributed by atoms with Crippen molar-refractivity contribution in [1.29, 1.82) is 0 Å². The number of rotatable bonds is 4. The minimum atomic E-state index is 0.675. The van der Waals surface area contributed by atoms with E-state index in [0.29, 0.717) is 6.04 Å². The maximum Gasteiger partial charge on any atom is 0.208 e. The first-order valence-corrected chi connectivity index (χ1v) is 6.55. The molecule has 0 bridgehead atoms. The molecule has 3 rings (SSSR count). The van der Waals surface area contributed by atoms with Gasteiger partial charge in [-0.3, -0.25) is 0 Å². The number of hydrogen-bond acceptors (Lipinski definition) is 3. The van der Waals surface area contributed by atoms with Crippen LogP contribution >= 0.6 is 15.9 Å². The Bertz CT molecular complexity index is 520. The smallest absolute Gasteiger partial charge is 0.208 e. The fourth-order valence-electron chi connectivity index (χ4n) is 1.70. The van der Waals surface area contributed by atoms with Gasteiger partial charge in [-0.05, 0) is 18.9 Å². The van der Waals surface area contributed by atoms with E-state index in [0.717, 1.165) is 28.2 Å². The Kier molecular flexibility index (Phi) is 2.99. The molecule has 0 atom stereocenters. The molecule has 3 nitrogen and oxygen atoms in total. The average Bonchev–Trinajstić information content (AvgIpc) is 3.06. The Morgan fingerprint density at radius 3 is 2.94 bits per heavy atom. The van der Waals surface area contributed by atoms with Crippen molar-refractivity contribution in [3.63, 3.8) is 0 Å². The van der Waals surface area contributed by atoms with Gasteiger partial charge in [-0.15, -0.1) is 0 Å². The van der Waals surface area contributed by atoms with Crippen LogP contribution in [-0.4, -0.2) is 11.0 Å². The van der Waals surface area contributed by atoms with Gasteiger partial charge in [0, 0.05) is 16.1 Å². The third-order valence-electron chi connectivity index (χ3n) is 2.81. The Labute approximate surface area is 108 Å². The highest BCUT2D eigenvalue weighted by Crippen LogP contribution is 2.28. The van der Waals surface area contributed by atoms with Crippen LogP contribution in [-0.2, 0) is 6.54 Å². The van der Waals surface area contributed by atoms with E-state index in [-0.39, 0.29) is 0 Å². The summed E-state index contributed by atoms with van der Waals surface area (Å²) in [5, 5.41) is 3.38. The lowest BCUT2D eigenvalue weighted by Gasteiger charge is -1.99. The molecule has 88 valence electrons. The molecule has 2 aromatic rings. The molecule has 0 aliphatic heterocycles. The van der Waals surface area contributed by atoms with Crippen molar-refractivity contribution in [2.45, 2.75) is 25.4 Å². The highest BCUT2D eigenvalue weighted by molar-refractivity contribution is 9.10. The summed E-state index contributed by atoms with van der Waals surface area (Å²) < 4.78 is 6.75. The van der Waals surface area contributed by atoms with Crippen molar-refractivity contribution in [2.75, 3.05) is 0 Å². The first-order valence-electron chi connectivity index (χ1n) is 5.76. The number of hydrogen-bond donors (Lipinski definition) is 1. The lowest BCUT2D eigenvalue weighted by Crippen LogP contribution is -2.15. The molecule has 1 saturated carbocycles. The summed E-state index contributed by atoms with van der Waals surface area (Å²) in [5.41, 5.74) is 1.04. The fraction of sp³-hybridized carbons (Fsp3) is 0.308. The molecular formula is C13H13BrN2O. The first kappa shape index (κ1) is 11.0. The molecule has 0 saturated heterocycles. The summed E-state index contributed by atoms with van der Waals surface area (Å²) >= 11 is 3.51. The quantitative estimate of drug-likeness (QED) is 0.939. The molecule has 1 aromatic heterocycles. The number of halogens is 1. The van der Waals surface area contributed by atoms with E-state index in [9.17, 15) is 0 Å². The second-order valence-electron chi connectivity index (χ2n) is 4.25. The second kappa shape index (κ2) is 4.63. The van der Waals surface area contributed by atoms with E-state index >= 15 is 0 Å². The summed E-state index contributed by atoms with van der Waals surface area (Å²) in [7, 11) is 0. The standard InChI is InChI=1S/C13H13BrN2O/c14-11-4-2-1-3-10(11)12-7-16-13(17-12)8-15-9-5-6-9/h1-4,7,9,15H,5-6,8H2. The second-order valence-corrected chi connectivity index (χ2v) is 5.11. The Hall–Kier alpha value is -1.13. The van der Waals surface area contributed by atoms with Crippen LogP contribution in [0.5, 0.6) is 0 Å². The van der Waals surface area contributed by atoms with Crippen molar-refractivity contribution < 1.29 is 4.42 Å². The minimum absolute atomic E-state index is 0.675. The van der Waals surface area contributed by atoms with Gasteiger partial charge in [-0.25, -0.2) is 4.98 Å². The Morgan fingerprint density at radius 2 is 2.18 bits per heavy atom. The largest absolute Gasteiger partial charge is 0.439 e. The van der Waals surface area contributed by atoms with Crippen LogP contribution in [0, 0.1) is 0 Å². The molecular weight excluding hydrogens is 280 g/mol. The minimum Gasteiger partial charge on any atom is -0.439 e. The van der Waals surface area contributed by atoms with E-state index in [1.54, 1.807) is 6.20 Å². The van der Waals surface area contributed by atoms with E-state index in [4.69, 9.17) is 4.42 Å². The van der Waals surface area contributed by atoms with Crippen molar-refractivity contribution in [1.82, 2.24) is 10.3 Å². The van der Waals surface area contributed by atoms with E-state index in [1.807, 2.05) is 24.3 Å². The number of nitrogens with zero attached hydrogens (tertiary/aromatic N) is 1. The van der Waals surface area contributed by atoms with Crippen LogP contribution in [0.15, 0.2) is 39.4 Å². The number of aromatic nitrogens is 1. The van der Waals surface area contributed by atoms with Gasteiger partial charge in [-0.2, -0.15) is 0 Å². The highest BCUT2D eigenvalue weighted by atomic mass is 79.9. The zero-order valence-electron chi connectivity index (χ0n) is 9.32. The summed E-state index contributed by atoms with van der Waals surface area (Å²) in [6.45, 7) is 0.717. The molecule has 4 heteroatoms. The lowest BCUT2D eigenvalue weighted by molar-refractivity contribution is 0.476. The summed E-state index contributed by atoms with van der Waals surface area (Å²) in [5.74, 6) is 1.56. The molecule has 0 spiro atoms. The number of oxazole rings is 1. The van der Waals surface area contributed by atoms with Crippen LogP contribution in [0.3, 0.4) is 0 Å². The molecule has 17 heavy (non-hydrogen) atoms. The summed E-state index contributed by atoms with van der Waals surface area (Å²) in [6, 6.07) is 8.67. The van der Waals surface area contributed by atoms with Gasteiger partial charge in [-0.1, -0.05) is 34.1 Å². The van der Waals surface area contributed by atoms with Crippen LogP contribution in [0.4, 0.5) is 0 Å². The molecule has 1 aromatic carbocycles. The van der Waals surface area contributed by atoms with Crippen molar-refractivity contribution >= 4 is 15.9 Å². The van der Waals surface area contributed by atoms with Gasteiger partial charge in [0.2, 0.25) is 5.89 Å². The number of benzene rings is 1. The molecule has 1 N–H and O–H groups in total. The van der Waals surface area contributed by atoms with Crippen molar-refractivity contribution in [3.8, 4) is 11.3 Å². The molecule has 1 heterocycles. The van der Waals surface area contributed by atoms with Crippen LogP contribution in [0.1, 0.15) is 18.7 Å². The maximum atomic E-state index is 5.73. The SMILES string of the molecule is Brc1ccccc1-c1cnc(CNC2CC2)o1. The van der Waals surface area contributed by atoms with E-state index in [2.05, 4.69) is 26.2 Å².